The minimum Gasteiger partial charge on any atom is -0.481 e. The zero-order valence-corrected chi connectivity index (χ0v) is 20.1. The van der Waals surface area contributed by atoms with Crippen LogP contribution in [-0.4, -0.2) is 52.7 Å². The van der Waals surface area contributed by atoms with Crippen LogP contribution in [0.3, 0.4) is 0 Å². The quantitative estimate of drug-likeness (QED) is 0.617. The molecule has 0 spiro atoms. The summed E-state index contributed by atoms with van der Waals surface area (Å²) in [4.78, 5) is 39.8. The Balaban J connectivity index is 1.27. The van der Waals surface area contributed by atoms with Crippen LogP contribution in [0.2, 0.25) is 0 Å². The molecular weight excluding hydrogens is 444 g/mol. The molecule has 184 valence electrons. The van der Waals surface area contributed by atoms with Crippen LogP contribution in [0, 0.1) is 11.8 Å². The SMILES string of the molecule is CC(C)C[C@H](NC(=O)OCC1c2ccccc2-c2ccccc21)C(=O)N1C2CCC1C(C(=O)O)C2. The van der Waals surface area contributed by atoms with Gasteiger partial charge in [-0.15, -0.1) is 0 Å². The summed E-state index contributed by atoms with van der Waals surface area (Å²) in [6.07, 6.45) is 1.86. The first-order chi connectivity index (χ1) is 16.8. The third-order valence-electron chi connectivity index (χ3n) is 7.75. The Morgan fingerprint density at radius 1 is 1.03 bits per heavy atom. The van der Waals surface area contributed by atoms with Crippen molar-refractivity contribution in [2.45, 2.75) is 63.6 Å². The number of nitrogens with zero attached hydrogens (tertiary/aromatic N) is 1. The molecule has 2 aromatic carbocycles. The number of amides is 2. The van der Waals surface area contributed by atoms with Gasteiger partial charge in [-0.2, -0.15) is 0 Å². The van der Waals surface area contributed by atoms with Gasteiger partial charge in [0, 0.05) is 18.0 Å². The maximum absolute atomic E-state index is 13.5. The van der Waals surface area contributed by atoms with Crippen LogP contribution in [0.25, 0.3) is 11.1 Å². The molecule has 2 N–H and O–H groups in total. The summed E-state index contributed by atoms with van der Waals surface area (Å²) in [5.74, 6) is -1.44. The third-order valence-corrected chi connectivity index (χ3v) is 7.75. The van der Waals surface area contributed by atoms with Gasteiger partial charge in [-0.25, -0.2) is 4.79 Å². The lowest BCUT2D eigenvalue weighted by Crippen LogP contribution is -2.51. The number of carboxylic acids is 1. The number of benzene rings is 2. The molecule has 2 aliphatic heterocycles. The van der Waals surface area contributed by atoms with Crippen LogP contribution in [0.1, 0.15) is 56.6 Å². The van der Waals surface area contributed by atoms with Gasteiger partial charge in [0.1, 0.15) is 12.6 Å². The summed E-state index contributed by atoms with van der Waals surface area (Å²) < 4.78 is 5.68. The molecule has 2 saturated heterocycles. The molecule has 7 nitrogen and oxygen atoms in total. The summed E-state index contributed by atoms with van der Waals surface area (Å²) in [6.45, 7) is 4.18. The molecule has 7 heteroatoms. The molecular formula is C28H32N2O5. The molecule has 3 unspecified atom stereocenters. The summed E-state index contributed by atoms with van der Waals surface area (Å²) in [5.41, 5.74) is 4.57. The topological polar surface area (TPSA) is 95.9 Å². The van der Waals surface area contributed by atoms with Crippen molar-refractivity contribution in [1.82, 2.24) is 10.2 Å². The Hall–Kier alpha value is -3.35. The number of fused-ring (bicyclic) bond motifs is 5. The number of nitrogens with one attached hydrogen (secondary N) is 1. The summed E-state index contributed by atoms with van der Waals surface area (Å²) in [5, 5.41) is 12.4. The van der Waals surface area contributed by atoms with E-state index in [4.69, 9.17) is 4.74 Å². The maximum Gasteiger partial charge on any atom is 0.407 e. The van der Waals surface area contributed by atoms with E-state index in [-0.39, 0.29) is 36.4 Å². The second-order valence-electron chi connectivity index (χ2n) is 10.4. The maximum atomic E-state index is 13.5. The van der Waals surface area contributed by atoms with Gasteiger partial charge in [0.25, 0.3) is 0 Å². The van der Waals surface area contributed by atoms with Crippen molar-refractivity contribution in [3.05, 3.63) is 59.7 Å². The second kappa shape index (κ2) is 9.36. The Kier molecular flexibility index (Phi) is 6.26. The number of carboxylic acid groups (broad SMARTS) is 1. The average Bonchev–Trinajstić information content (AvgIpc) is 3.51. The van der Waals surface area contributed by atoms with Crippen LogP contribution < -0.4 is 5.32 Å². The van der Waals surface area contributed by atoms with E-state index >= 15 is 0 Å². The van der Waals surface area contributed by atoms with Crippen LogP contribution in [0.5, 0.6) is 0 Å². The number of rotatable bonds is 7. The molecule has 4 atom stereocenters. The van der Waals surface area contributed by atoms with Gasteiger partial charge in [-0.05, 0) is 53.9 Å². The lowest BCUT2D eigenvalue weighted by Gasteiger charge is -2.29. The van der Waals surface area contributed by atoms with Crippen molar-refractivity contribution in [1.29, 1.82) is 0 Å². The number of hydrogen-bond acceptors (Lipinski definition) is 4. The van der Waals surface area contributed by atoms with E-state index in [9.17, 15) is 19.5 Å². The van der Waals surface area contributed by atoms with Crippen molar-refractivity contribution < 1.29 is 24.2 Å². The monoisotopic (exact) mass is 476 g/mol. The molecule has 35 heavy (non-hydrogen) atoms. The van der Waals surface area contributed by atoms with E-state index < -0.39 is 24.0 Å². The first kappa shape index (κ1) is 23.4. The van der Waals surface area contributed by atoms with E-state index in [2.05, 4.69) is 29.6 Å². The van der Waals surface area contributed by atoms with E-state index in [1.165, 1.54) is 0 Å². The van der Waals surface area contributed by atoms with Gasteiger partial charge in [0.2, 0.25) is 5.91 Å². The van der Waals surface area contributed by atoms with Crippen LogP contribution in [0.4, 0.5) is 4.79 Å². The standard InChI is InChI=1S/C28H32N2O5/c1-16(2)13-24(26(31)30-17-11-12-25(30)22(14-17)27(32)33)29-28(34)35-15-23-20-9-5-3-7-18(20)19-8-4-6-10-21(19)23/h3-10,16-17,22-25H,11-15H2,1-2H3,(H,29,34)(H,32,33)/t17?,22?,24-,25?/m0/s1. The third kappa shape index (κ3) is 4.28. The molecule has 2 aromatic rings. The minimum absolute atomic E-state index is 0.0573. The van der Waals surface area contributed by atoms with Crippen molar-refractivity contribution in [2.75, 3.05) is 6.61 Å². The van der Waals surface area contributed by atoms with Crippen LogP contribution >= 0.6 is 0 Å². The molecule has 2 bridgehead atoms. The highest BCUT2D eigenvalue weighted by molar-refractivity contribution is 5.88. The first-order valence-corrected chi connectivity index (χ1v) is 12.5. The highest BCUT2D eigenvalue weighted by atomic mass is 16.5. The van der Waals surface area contributed by atoms with Crippen molar-refractivity contribution in [3.63, 3.8) is 0 Å². The fourth-order valence-corrected chi connectivity index (χ4v) is 6.25. The summed E-state index contributed by atoms with van der Waals surface area (Å²) >= 11 is 0. The molecule has 0 saturated carbocycles. The van der Waals surface area contributed by atoms with Gasteiger partial charge in [0.15, 0.2) is 0 Å². The number of ether oxygens (including phenoxy) is 1. The van der Waals surface area contributed by atoms with E-state index in [1.54, 1.807) is 4.90 Å². The van der Waals surface area contributed by atoms with E-state index in [0.717, 1.165) is 28.7 Å². The van der Waals surface area contributed by atoms with Gasteiger partial charge < -0.3 is 20.1 Å². The molecule has 2 amide bonds. The Labute approximate surface area is 205 Å². The molecule has 5 rings (SSSR count). The van der Waals surface area contributed by atoms with Crippen LogP contribution in [-0.2, 0) is 14.3 Å². The number of hydrogen-bond donors (Lipinski definition) is 2. The fourth-order valence-electron chi connectivity index (χ4n) is 6.25. The van der Waals surface area contributed by atoms with Crippen molar-refractivity contribution in [3.8, 4) is 11.1 Å². The normalized spacial score (nSPS) is 23.2. The molecule has 0 aromatic heterocycles. The molecule has 3 aliphatic rings. The van der Waals surface area contributed by atoms with Crippen molar-refractivity contribution >= 4 is 18.0 Å². The Morgan fingerprint density at radius 3 is 2.23 bits per heavy atom. The average molecular weight is 477 g/mol. The zero-order valence-electron chi connectivity index (χ0n) is 20.1. The second-order valence-corrected chi connectivity index (χ2v) is 10.4. The fraction of sp³-hybridized carbons (Fsp3) is 0.464. The van der Waals surface area contributed by atoms with Gasteiger partial charge >= 0.3 is 12.1 Å². The predicted molar refractivity (Wildman–Crippen MR) is 131 cm³/mol. The minimum atomic E-state index is -0.847. The summed E-state index contributed by atoms with van der Waals surface area (Å²) in [6, 6.07) is 15.2. The molecule has 1 aliphatic carbocycles. The number of alkyl carbamates (subject to hydrolysis) is 1. The zero-order chi connectivity index (χ0) is 24.7. The van der Waals surface area contributed by atoms with Gasteiger partial charge in [-0.1, -0.05) is 62.4 Å². The van der Waals surface area contributed by atoms with Crippen LogP contribution in [0.15, 0.2) is 48.5 Å². The Morgan fingerprint density at radius 2 is 1.66 bits per heavy atom. The lowest BCUT2D eigenvalue weighted by molar-refractivity contribution is -0.143. The first-order valence-electron chi connectivity index (χ1n) is 12.5. The summed E-state index contributed by atoms with van der Waals surface area (Å²) in [7, 11) is 0. The highest BCUT2D eigenvalue weighted by Gasteiger charge is 2.52. The number of carbonyl (C=O) groups excluding carboxylic acids is 2. The Bertz CT molecular complexity index is 1100. The largest absolute Gasteiger partial charge is 0.481 e. The van der Waals surface area contributed by atoms with Crippen molar-refractivity contribution in [2.24, 2.45) is 11.8 Å². The molecule has 2 fully saturated rings. The number of carbonyl (C=O) groups is 3. The smallest absolute Gasteiger partial charge is 0.407 e. The van der Waals surface area contributed by atoms with E-state index in [0.29, 0.717) is 19.3 Å². The number of aliphatic carboxylic acids is 1. The molecule has 0 radical (unpaired) electrons. The highest BCUT2D eigenvalue weighted by Crippen LogP contribution is 2.45. The van der Waals surface area contributed by atoms with E-state index in [1.807, 2.05) is 38.1 Å². The van der Waals surface area contributed by atoms with Gasteiger partial charge in [0.05, 0.1) is 5.92 Å². The van der Waals surface area contributed by atoms with Gasteiger partial charge in [-0.3, -0.25) is 9.59 Å². The molecule has 2 heterocycles. The lowest BCUT2D eigenvalue weighted by atomic mass is 9.89. The predicted octanol–water partition coefficient (Wildman–Crippen LogP) is 4.40.